The summed E-state index contributed by atoms with van der Waals surface area (Å²) in [6, 6.07) is 7.23. The lowest BCUT2D eigenvalue weighted by atomic mass is 9.83. The first-order valence-corrected chi connectivity index (χ1v) is 7.35. The number of halogens is 1. The molecule has 0 heterocycles. The second-order valence-corrected chi connectivity index (χ2v) is 5.74. The van der Waals surface area contributed by atoms with Crippen LogP contribution in [0.2, 0.25) is 0 Å². The average Bonchev–Trinajstić information content (AvgIpc) is 2.43. The monoisotopic (exact) mass is 264 g/mol. The fourth-order valence-electron chi connectivity index (χ4n) is 3.25. The Morgan fingerprint density at radius 1 is 1.21 bits per heavy atom. The predicted molar refractivity (Wildman–Crippen MR) is 77.3 cm³/mol. The molecule has 19 heavy (non-hydrogen) atoms. The highest BCUT2D eigenvalue weighted by Crippen LogP contribution is 2.28. The van der Waals surface area contributed by atoms with E-state index in [2.05, 4.69) is 11.9 Å². The highest BCUT2D eigenvalue weighted by atomic mass is 19.1. The Kier molecular flexibility index (Phi) is 5.34. The molecule has 1 aromatic carbocycles. The van der Waals surface area contributed by atoms with Crippen molar-refractivity contribution in [2.45, 2.75) is 44.7 Å². The fraction of sp³-hybridized carbons (Fsp3) is 0.625. The quantitative estimate of drug-likeness (QED) is 0.885. The molecule has 1 aliphatic carbocycles. The molecular weight excluding hydrogens is 239 g/mol. The lowest BCUT2D eigenvalue weighted by Crippen LogP contribution is -2.43. The van der Waals surface area contributed by atoms with Crippen molar-refractivity contribution in [3.63, 3.8) is 0 Å². The maximum Gasteiger partial charge on any atom is 0.123 e. The van der Waals surface area contributed by atoms with Gasteiger partial charge in [0, 0.05) is 19.1 Å². The summed E-state index contributed by atoms with van der Waals surface area (Å²) in [6.07, 6.45) is 6.65. The summed E-state index contributed by atoms with van der Waals surface area (Å²) >= 11 is 0. The molecule has 1 fully saturated rings. The van der Waals surface area contributed by atoms with E-state index in [1.54, 1.807) is 0 Å². The maximum atomic E-state index is 12.9. The Morgan fingerprint density at radius 3 is 2.42 bits per heavy atom. The van der Waals surface area contributed by atoms with Gasteiger partial charge in [-0.25, -0.2) is 4.39 Å². The van der Waals surface area contributed by atoms with E-state index >= 15 is 0 Å². The number of benzene rings is 1. The molecular formula is C16H25FN2. The Balaban J connectivity index is 1.95. The maximum absolute atomic E-state index is 12.9. The number of hydrogen-bond donors (Lipinski definition) is 1. The molecule has 0 bridgehead atoms. The van der Waals surface area contributed by atoms with Crippen molar-refractivity contribution in [1.29, 1.82) is 0 Å². The second kappa shape index (κ2) is 7.01. The topological polar surface area (TPSA) is 29.3 Å². The zero-order valence-corrected chi connectivity index (χ0v) is 11.8. The van der Waals surface area contributed by atoms with Gasteiger partial charge in [-0.3, -0.25) is 4.90 Å². The minimum absolute atomic E-state index is 0.172. The molecule has 1 saturated carbocycles. The lowest BCUT2D eigenvalue weighted by Gasteiger charge is -2.36. The molecule has 0 amide bonds. The van der Waals surface area contributed by atoms with Crippen LogP contribution in [0.5, 0.6) is 0 Å². The molecule has 0 aromatic heterocycles. The van der Waals surface area contributed by atoms with Crippen molar-refractivity contribution in [3.05, 3.63) is 35.6 Å². The first-order chi connectivity index (χ1) is 9.20. The van der Waals surface area contributed by atoms with E-state index in [1.165, 1.54) is 44.2 Å². The van der Waals surface area contributed by atoms with E-state index in [0.29, 0.717) is 12.6 Å². The Morgan fingerprint density at radius 2 is 1.84 bits per heavy atom. The van der Waals surface area contributed by atoms with Crippen molar-refractivity contribution in [1.82, 2.24) is 4.90 Å². The predicted octanol–water partition coefficient (Wildman–Crippen LogP) is 3.17. The van der Waals surface area contributed by atoms with Gasteiger partial charge in [-0.05, 0) is 43.5 Å². The van der Waals surface area contributed by atoms with Gasteiger partial charge < -0.3 is 5.73 Å². The normalized spacial score (nSPS) is 18.7. The van der Waals surface area contributed by atoms with Crippen LogP contribution >= 0.6 is 0 Å². The average molecular weight is 264 g/mol. The van der Waals surface area contributed by atoms with Gasteiger partial charge in [-0.1, -0.05) is 31.4 Å². The molecule has 2 nitrogen and oxygen atoms in total. The molecule has 1 aromatic rings. The number of rotatable bonds is 5. The van der Waals surface area contributed by atoms with E-state index < -0.39 is 0 Å². The minimum atomic E-state index is -0.172. The van der Waals surface area contributed by atoms with E-state index in [-0.39, 0.29) is 5.82 Å². The molecule has 1 unspecified atom stereocenters. The van der Waals surface area contributed by atoms with Gasteiger partial charge in [0.1, 0.15) is 5.82 Å². The molecule has 0 radical (unpaired) electrons. The molecule has 106 valence electrons. The number of likely N-dealkylation sites (N-methyl/N-ethyl adjacent to an activating group) is 1. The Bertz CT molecular complexity index is 371. The zero-order chi connectivity index (χ0) is 13.7. The molecule has 1 aliphatic rings. The highest BCUT2D eigenvalue weighted by molar-refractivity contribution is 5.16. The summed E-state index contributed by atoms with van der Waals surface area (Å²) in [5, 5.41) is 0. The van der Waals surface area contributed by atoms with Crippen LogP contribution < -0.4 is 5.73 Å². The Labute approximate surface area is 115 Å². The first kappa shape index (κ1) is 14.5. The summed E-state index contributed by atoms with van der Waals surface area (Å²) in [4.78, 5) is 2.34. The summed E-state index contributed by atoms with van der Waals surface area (Å²) in [6.45, 7) is 1.56. The van der Waals surface area contributed by atoms with E-state index in [1.807, 2.05) is 12.1 Å². The van der Waals surface area contributed by atoms with Gasteiger partial charge in [0.15, 0.2) is 0 Å². The molecule has 2 rings (SSSR count). The van der Waals surface area contributed by atoms with Crippen LogP contribution in [0.4, 0.5) is 4.39 Å². The van der Waals surface area contributed by atoms with Gasteiger partial charge in [-0.15, -0.1) is 0 Å². The van der Waals surface area contributed by atoms with E-state index in [9.17, 15) is 4.39 Å². The van der Waals surface area contributed by atoms with Crippen LogP contribution in [-0.4, -0.2) is 24.5 Å². The molecule has 0 spiro atoms. The summed E-state index contributed by atoms with van der Waals surface area (Å²) in [7, 11) is 2.13. The molecule has 2 N–H and O–H groups in total. The lowest BCUT2D eigenvalue weighted by molar-refractivity contribution is 0.143. The third-order valence-electron chi connectivity index (χ3n) is 4.35. The zero-order valence-electron chi connectivity index (χ0n) is 11.8. The van der Waals surface area contributed by atoms with Crippen molar-refractivity contribution in [2.75, 3.05) is 13.6 Å². The number of hydrogen-bond acceptors (Lipinski definition) is 2. The summed E-state index contributed by atoms with van der Waals surface area (Å²) < 4.78 is 12.9. The number of nitrogens with zero attached hydrogens (tertiary/aromatic N) is 1. The third-order valence-corrected chi connectivity index (χ3v) is 4.35. The fourth-order valence-corrected chi connectivity index (χ4v) is 3.25. The van der Waals surface area contributed by atoms with Gasteiger partial charge >= 0.3 is 0 Å². The standard InChI is InChI=1S/C16H25FN2/c1-19(12-13-7-9-15(17)10-8-13)16(11-18)14-5-3-2-4-6-14/h7-10,14,16H,2-6,11-12,18H2,1H3. The SMILES string of the molecule is CN(Cc1ccc(F)cc1)C(CN)C1CCCCC1. The van der Waals surface area contributed by atoms with E-state index in [4.69, 9.17) is 5.73 Å². The van der Waals surface area contributed by atoms with E-state index in [0.717, 1.165) is 18.0 Å². The van der Waals surface area contributed by atoms with Crippen molar-refractivity contribution >= 4 is 0 Å². The van der Waals surface area contributed by atoms with Gasteiger partial charge in [0.25, 0.3) is 0 Å². The summed E-state index contributed by atoms with van der Waals surface area (Å²) in [5.74, 6) is 0.554. The van der Waals surface area contributed by atoms with Crippen molar-refractivity contribution < 1.29 is 4.39 Å². The molecule has 0 aliphatic heterocycles. The molecule has 3 heteroatoms. The number of nitrogens with two attached hydrogens (primary N) is 1. The van der Waals surface area contributed by atoms with Gasteiger partial charge in [-0.2, -0.15) is 0 Å². The van der Waals surface area contributed by atoms with Crippen LogP contribution in [0, 0.1) is 11.7 Å². The minimum Gasteiger partial charge on any atom is -0.329 e. The van der Waals surface area contributed by atoms with Crippen molar-refractivity contribution in [3.8, 4) is 0 Å². The Hall–Kier alpha value is -0.930. The van der Waals surface area contributed by atoms with Gasteiger partial charge in [0.2, 0.25) is 0 Å². The largest absolute Gasteiger partial charge is 0.329 e. The van der Waals surface area contributed by atoms with Gasteiger partial charge in [0.05, 0.1) is 0 Å². The van der Waals surface area contributed by atoms with Crippen molar-refractivity contribution in [2.24, 2.45) is 11.7 Å². The van der Waals surface area contributed by atoms with Crippen LogP contribution in [0.25, 0.3) is 0 Å². The summed E-state index contributed by atoms with van der Waals surface area (Å²) in [5.41, 5.74) is 7.13. The van der Waals surface area contributed by atoms with Crippen LogP contribution in [-0.2, 0) is 6.54 Å². The third kappa shape index (κ3) is 4.02. The second-order valence-electron chi connectivity index (χ2n) is 5.74. The van der Waals surface area contributed by atoms with Crippen LogP contribution in [0.15, 0.2) is 24.3 Å². The molecule has 0 saturated heterocycles. The van der Waals surface area contributed by atoms with Crippen LogP contribution in [0.1, 0.15) is 37.7 Å². The van der Waals surface area contributed by atoms with Crippen LogP contribution in [0.3, 0.4) is 0 Å². The highest BCUT2D eigenvalue weighted by Gasteiger charge is 2.25. The molecule has 1 atom stereocenters. The first-order valence-electron chi connectivity index (χ1n) is 7.35. The smallest absolute Gasteiger partial charge is 0.123 e.